The van der Waals surface area contributed by atoms with E-state index in [1.165, 1.54) is 0 Å². The van der Waals surface area contributed by atoms with E-state index in [2.05, 4.69) is 5.32 Å². The number of nitrogens with one attached hydrogen (secondary N) is 1. The fourth-order valence-electron chi connectivity index (χ4n) is 2.49. The van der Waals surface area contributed by atoms with Gasteiger partial charge in [0.25, 0.3) is 0 Å². The van der Waals surface area contributed by atoms with Crippen molar-refractivity contribution in [3.8, 4) is 0 Å². The zero-order valence-corrected chi connectivity index (χ0v) is 13.6. The molecule has 1 saturated heterocycles. The second kappa shape index (κ2) is 9.00. The van der Waals surface area contributed by atoms with Crippen LogP contribution in [-0.2, 0) is 19.1 Å². The Bertz CT molecular complexity index is 349. The van der Waals surface area contributed by atoms with Crippen LogP contribution in [0.15, 0.2) is 0 Å². The number of hydrogen-bond donors (Lipinski definition) is 1. The first-order valence-electron chi connectivity index (χ1n) is 7.74. The van der Waals surface area contributed by atoms with Gasteiger partial charge in [0, 0.05) is 13.7 Å². The SMILES string of the molecule is CCC(C)C1NC(=O)C(CC)N(CCOCCOC)C1=O. The number of carbonyl (C=O) groups excluding carboxylic acids is 2. The molecule has 6 nitrogen and oxygen atoms in total. The number of carbonyl (C=O) groups is 2. The van der Waals surface area contributed by atoms with E-state index in [0.717, 1.165) is 6.42 Å². The minimum atomic E-state index is -0.413. The molecule has 6 heteroatoms. The molecule has 3 atom stereocenters. The lowest BCUT2D eigenvalue weighted by atomic mass is 9.93. The largest absolute Gasteiger partial charge is 0.382 e. The summed E-state index contributed by atoms with van der Waals surface area (Å²) in [4.78, 5) is 26.4. The van der Waals surface area contributed by atoms with Gasteiger partial charge in [-0.2, -0.15) is 0 Å². The van der Waals surface area contributed by atoms with E-state index in [-0.39, 0.29) is 23.8 Å². The van der Waals surface area contributed by atoms with Gasteiger partial charge in [0.2, 0.25) is 11.8 Å². The molecule has 1 heterocycles. The molecule has 21 heavy (non-hydrogen) atoms. The van der Waals surface area contributed by atoms with Gasteiger partial charge in [-0.3, -0.25) is 9.59 Å². The van der Waals surface area contributed by atoms with Gasteiger partial charge >= 0.3 is 0 Å². The van der Waals surface area contributed by atoms with Gasteiger partial charge in [-0.15, -0.1) is 0 Å². The Labute approximate surface area is 127 Å². The number of amides is 2. The zero-order chi connectivity index (χ0) is 15.8. The van der Waals surface area contributed by atoms with Crippen molar-refractivity contribution < 1.29 is 19.1 Å². The van der Waals surface area contributed by atoms with E-state index in [1.54, 1.807) is 12.0 Å². The molecule has 0 aromatic heterocycles. The maximum absolute atomic E-state index is 12.6. The first-order chi connectivity index (χ1) is 10.1. The van der Waals surface area contributed by atoms with Crippen molar-refractivity contribution in [2.75, 3.05) is 33.5 Å². The van der Waals surface area contributed by atoms with Crippen LogP contribution in [0.2, 0.25) is 0 Å². The second-order valence-electron chi connectivity index (χ2n) is 5.43. The van der Waals surface area contributed by atoms with Crippen LogP contribution in [0, 0.1) is 5.92 Å². The van der Waals surface area contributed by atoms with E-state index in [0.29, 0.717) is 32.8 Å². The Hall–Kier alpha value is -1.14. The molecule has 0 aromatic carbocycles. The van der Waals surface area contributed by atoms with Crippen LogP contribution in [-0.4, -0.2) is 62.3 Å². The molecule has 2 amide bonds. The maximum Gasteiger partial charge on any atom is 0.246 e. The maximum atomic E-state index is 12.6. The van der Waals surface area contributed by atoms with Crippen LogP contribution in [0.3, 0.4) is 0 Å². The summed E-state index contributed by atoms with van der Waals surface area (Å²) in [6.45, 7) is 7.82. The van der Waals surface area contributed by atoms with Crippen molar-refractivity contribution in [2.24, 2.45) is 5.92 Å². The van der Waals surface area contributed by atoms with E-state index in [4.69, 9.17) is 9.47 Å². The highest BCUT2D eigenvalue weighted by Gasteiger charge is 2.40. The summed E-state index contributed by atoms with van der Waals surface area (Å²) in [6.07, 6.45) is 1.47. The Kier molecular flexibility index (Phi) is 7.67. The molecular weight excluding hydrogens is 272 g/mol. The van der Waals surface area contributed by atoms with Crippen molar-refractivity contribution in [1.29, 1.82) is 0 Å². The Balaban J connectivity index is 2.65. The lowest BCUT2D eigenvalue weighted by Crippen LogP contribution is -2.65. The number of piperazine rings is 1. The first-order valence-corrected chi connectivity index (χ1v) is 7.74. The molecule has 0 bridgehead atoms. The third-order valence-corrected chi connectivity index (χ3v) is 4.03. The lowest BCUT2D eigenvalue weighted by Gasteiger charge is -2.40. The molecule has 122 valence electrons. The first kappa shape index (κ1) is 17.9. The average Bonchev–Trinajstić information content (AvgIpc) is 2.49. The number of ether oxygens (including phenoxy) is 2. The smallest absolute Gasteiger partial charge is 0.246 e. The number of hydrogen-bond acceptors (Lipinski definition) is 4. The average molecular weight is 300 g/mol. The molecule has 1 fully saturated rings. The third-order valence-electron chi connectivity index (χ3n) is 4.03. The van der Waals surface area contributed by atoms with Crippen LogP contribution < -0.4 is 5.32 Å². The summed E-state index contributed by atoms with van der Waals surface area (Å²) in [7, 11) is 1.62. The topological polar surface area (TPSA) is 67.9 Å². The summed E-state index contributed by atoms with van der Waals surface area (Å²) in [6, 6.07) is -0.798. The summed E-state index contributed by atoms with van der Waals surface area (Å²) in [5, 5.41) is 2.87. The van der Waals surface area contributed by atoms with E-state index in [9.17, 15) is 9.59 Å². The third kappa shape index (κ3) is 4.68. The summed E-state index contributed by atoms with van der Waals surface area (Å²) >= 11 is 0. The predicted molar refractivity (Wildman–Crippen MR) is 79.9 cm³/mol. The van der Waals surface area contributed by atoms with E-state index in [1.807, 2.05) is 20.8 Å². The summed E-state index contributed by atoms with van der Waals surface area (Å²) in [5.74, 6) is 0.0848. The molecule has 0 spiro atoms. The molecule has 1 N–H and O–H groups in total. The molecule has 0 radical (unpaired) electrons. The van der Waals surface area contributed by atoms with Crippen molar-refractivity contribution in [3.63, 3.8) is 0 Å². The molecule has 0 aromatic rings. The lowest BCUT2D eigenvalue weighted by molar-refractivity contribution is -0.151. The van der Waals surface area contributed by atoms with E-state index >= 15 is 0 Å². The summed E-state index contributed by atoms with van der Waals surface area (Å²) < 4.78 is 10.3. The molecule has 0 saturated carbocycles. The van der Waals surface area contributed by atoms with Crippen LogP contribution in [0.5, 0.6) is 0 Å². The molecule has 1 aliphatic rings. The van der Waals surface area contributed by atoms with Gasteiger partial charge in [-0.05, 0) is 12.3 Å². The van der Waals surface area contributed by atoms with Crippen molar-refractivity contribution in [2.45, 2.75) is 45.7 Å². The standard InChI is InChI=1S/C15H28N2O4/c1-5-11(3)13-15(19)17(7-8-21-10-9-20-4)12(6-2)14(18)16-13/h11-13H,5-10H2,1-4H3,(H,16,18). The van der Waals surface area contributed by atoms with Gasteiger partial charge in [0.15, 0.2) is 0 Å². The minimum Gasteiger partial charge on any atom is -0.382 e. The molecule has 1 rings (SSSR count). The van der Waals surface area contributed by atoms with Crippen LogP contribution >= 0.6 is 0 Å². The number of methoxy groups -OCH3 is 1. The zero-order valence-electron chi connectivity index (χ0n) is 13.6. The fraction of sp³-hybridized carbons (Fsp3) is 0.867. The van der Waals surface area contributed by atoms with Crippen LogP contribution in [0.4, 0.5) is 0 Å². The quantitative estimate of drug-likeness (QED) is 0.640. The second-order valence-corrected chi connectivity index (χ2v) is 5.43. The van der Waals surface area contributed by atoms with E-state index < -0.39 is 6.04 Å². The number of rotatable bonds is 9. The molecule has 3 unspecified atom stereocenters. The molecule has 0 aliphatic carbocycles. The predicted octanol–water partition coefficient (Wildman–Crippen LogP) is 0.801. The van der Waals surface area contributed by atoms with Crippen molar-refractivity contribution in [3.05, 3.63) is 0 Å². The minimum absolute atomic E-state index is 0.00569. The Morgan fingerprint density at radius 1 is 1.24 bits per heavy atom. The van der Waals surface area contributed by atoms with Crippen molar-refractivity contribution in [1.82, 2.24) is 10.2 Å². The van der Waals surface area contributed by atoms with Gasteiger partial charge < -0.3 is 19.7 Å². The Morgan fingerprint density at radius 3 is 2.52 bits per heavy atom. The fourth-order valence-corrected chi connectivity index (χ4v) is 2.49. The van der Waals surface area contributed by atoms with Gasteiger partial charge in [0.05, 0.1) is 19.8 Å². The van der Waals surface area contributed by atoms with Gasteiger partial charge in [0.1, 0.15) is 12.1 Å². The molecule has 1 aliphatic heterocycles. The molecular formula is C15H28N2O4. The van der Waals surface area contributed by atoms with Crippen LogP contribution in [0.1, 0.15) is 33.6 Å². The van der Waals surface area contributed by atoms with Crippen molar-refractivity contribution >= 4 is 11.8 Å². The Morgan fingerprint density at radius 2 is 1.95 bits per heavy atom. The summed E-state index contributed by atoms with van der Waals surface area (Å²) in [5.41, 5.74) is 0. The van der Waals surface area contributed by atoms with Gasteiger partial charge in [-0.25, -0.2) is 0 Å². The van der Waals surface area contributed by atoms with Gasteiger partial charge in [-0.1, -0.05) is 27.2 Å². The normalized spacial score (nSPS) is 24.1. The van der Waals surface area contributed by atoms with Crippen LogP contribution in [0.25, 0.3) is 0 Å². The monoisotopic (exact) mass is 300 g/mol. The highest BCUT2D eigenvalue weighted by molar-refractivity contribution is 5.97. The highest BCUT2D eigenvalue weighted by atomic mass is 16.5. The number of nitrogens with zero attached hydrogens (tertiary/aromatic N) is 1. The highest BCUT2D eigenvalue weighted by Crippen LogP contribution is 2.19.